The summed E-state index contributed by atoms with van der Waals surface area (Å²) in [5, 5.41) is 12.4. The van der Waals surface area contributed by atoms with Gasteiger partial charge in [0.1, 0.15) is 5.82 Å². The van der Waals surface area contributed by atoms with E-state index in [1.165, 1.54) is 10.5 Å². The van der Waals surface area contributed by atoms with Gasteiger partial charge in [-0.1, -0.05) is 0 Å². The summed E-state index contributed by atoms with van der Waals surface area (Å²) in [6.45, 7) is 3.00. The first kappa shape index (κ1) is 20.4. The molecular weight excluding hydrogens is 397 g/mol. The van der Waals surface area contributed by atoms with Crippen LogP contribution in [0.2, 0.25) is 0 Å². The molecule has 10 heteroatoms. The fraction of sp³-hybridized carbons (Fsp3) is 0.500. The molecule has 0 aliphatic carbocycles. The maximum Gasteiger partial charge on any atom is 0.417 e. The number of amides is 1. The molecule has 1 saturated heterocycles. The number of pyridine rings is 1. The maximum atomic E-state index is 13.1. The van der Waals surface area contributed by atoms with Crippen LogP contribution in [0, 0.1) is 6.92 Å². The van der Waals surface area contributed by atoms with Crippen LogP contribution in [-0.2, 0) is 24.4 Å². The normalized spacial score (nSPS) is 17.6. The minimum absolute atomic E-state index is 0.0350. The summed E-state index contributed by atoms with van der Waals surface area (Å²) in [6.07, 6.45) is 1.03. The highest BCUT2D eigenvalue weighted by molar-refractivity contribution is 5.76. The fourth-order valence-electron chi connectivity index (χ4n) is 4.06. The largest absolute Gasteiger partial charge is 0.417 e. The van der Waals surface area contributed by atoms with Crippen molar-refractivity contribution >= 4 is 11.6 Å². The highest BCUT2D eigenvalue weighted by atomic mass is 19.4. The second-order valence-corrected chi connectivity index (χ2v) is 7.79. The van der Waals surface area contributed by atoms with Crippen LogP contribution in [0.4, 0.5) is 13.2 Å². The molecule has 4 heterocycles. The third kappa shape index (κ3) is 4.03. The third-order valence-corrected chi connectivity index (χ3v) is 5.62. The zero-order chi connectivity index (χ0) is 21.5. The molecule has 0 radical (unpaired) electrons. The lowest BCUT2D eigenvalue weighted by atomic mass is 9.96. The Kier molecular flexibility index (Phi) is 5.25. The van der Waals surface area contributed by atoms with Crippen LogP contribution in [-0.4, -0.2) is 48.3 Å². The maximum absolute atomic E-state index is 13.1. The number of carbonyl (C=O) groups is 1. The molecule has 0 bridgehead atoms. The molecule has 0 N–H and O–H groups in total. The molecule has 30 heavy (non-hydrogen) atoms. The van der Waals surface area contributed by atoms with Gasteiger partial charge in [0.25, 0.3) is 0 Å². The Hall–Kier alpha value is -2.91. The van der Waals surface area contributed by atoms with E-state index in [0.29, 0.717) is 37.4 Å². The van der Waals surface area contributed by atoms with Crippen LogP contribution in [0.3, 0.4) is 0 Å². The number of likely N-dealkylation sites (tertiary alicyclic amines) is 1. The molecule has 3 aromatic heterocycles. The van der Waals surface area contributed by atoms with Crippen LogP contribution in [0.25, 0.3) is 5.65 Å². The molecule has 1 unspecified atom stereocenters. The van der Waals surface area contributed by atoms with Crippen molar-refractivity contribution in [3.8, 4) is 0 Å². The highest BCUT2D eigenvalue weighted by Gasteiger charge is 2.32. The van der Waals surface area contributed by atoms with Gasteiger partial charge in [0.15, 0.2) is 5.65 Å². The van der Waals surface area contributed by atoms with Crippen molar-refractivity contribution in [1.29, 1.82) is 0 Å². The van der Waals surface area contributed by atoms with E-state index in [1.54, 1.807) is 9.58 Å². The van der Waals surface area contributed by atoms with Crippen molar-refractivity contribution in [3.63, 3.8) is 0 Å². The molecule has 7 nitrogen and oxygen atoms in total. The minimum Gasteiger partial charge on any atom is -0.342 e. The number of aryl methyl sites for hydroxylation is 3. The van der Waals surface area contributed by atoms with Gasteiger partial charge in [-0.25, -0.2) is 0 Å². The van der Waals surface area contributed by atoms with Crippen LogP contribution in [0.5, 0.6) is 0 Å². The smallest absolute Gasteiger partial charge is 0.342 e. The van der Waals surface area contributed by atoms with Crippen LogP contribution in [0.1, 0.15) is 47.8 Å². The first-order chi connectivity index (χ1) is 14.2. The molecule has 4 rings (SSSR count). The molecule has 1 aliphatic heterocycles. The molecule has 1 atom stereocenters. The Balaban J connectivity index is 1.48. The predicted molar refractivity (Wildman–Crippen MR) is 103 cm³/mol. The second kappa shape index (κ2) is 7.73. The highest BCUT2D eigenvalue weighted by Crippen LogP contribution is 2.31. The number of carbonyl (C=O) groups excluding carboxylic acids is 1. The lowest BCUT2D eigenvalue weighted by molar-refractivity contribution is -0.137. The number of hydrogen-bond donors (Lipinski definition) is 0. The zero-order valence-corrected chi connectivity index (χ0v) is 16.9. The van der Waals surface area contributed by atoms with E-state index in [-0.39, 0.29) is 11.8 Å². The van der Waals surface area contributed by atoms with E-state index in [2.05, 4.69) is 15.3 Å². The van der Waals surface area contributed by atoms with Crippen molar-refractivity contribution < 1.29 is 18.0 Å². The Morgan fingerprint density at radius 2 is 2.03 bits per heavy atom. The number of rotatable bonds is 4. The summed E-state index contributed by atoms with van der Waals surface area (Å²) >= 11 is 0. The number of hydrogen-bond acceptors (Lipinski definition) is 4. The summed E-state index contributed by atoms with van der Waals surface area (Å²) in [6, 6.07) is 2.33. The fourth-order valence-corrected chi connectivity index (χ4v) is 4.06. The van der Waals surface area contributed by atoms with E-state index in [1.807, 2.05) is 20.2 Å². The van der Waals surface area contributed by atoms with Gasteiger partial charge in [-0.15, -0.1) is 10.2 Å². The van der Waals surface area contributed by atoms with Gasteiger partial charge in [-0.2, -0.15) is 18.3 Å². The van der Waals surface area contributed by atoms with E-state index >= 15 is 0 Å². The molecule has 1 aliphatic rings. The molecule has 0 aromatic carbocycles. The average Bonchev–Trinajstić information content (AvgIpc) is 3.27. The SMILES string of the molecule is Cc1nn(C)cc1CCC(=O)N1CCCC(c2nnc3ccc(C(F)(F)F)cn23)C1. The van der Waals surface area contributed by atoms with Gasteiger partial charge in [-0.05, 0) is 43.9 Å². The Morgan fingerprint density at radius 1 is 1.23 bits per heavy atom. The van der Waals surface area contributed by atoms with Crippen molar-refractivity contribution in [1.82, 2.24) is 29.3 Å². The van der Waals surface area contributed by atoms with E-state index in [4.69, 9.17) is 0 Å². The third-order valence-electron chi connectivity index (χ3n) is 5.62. The van der Waals surface area contributed by atoms with Crippen LogP contribution >= 0.6 is 0 Å². The van der Waals surface area contributed by atoms with Gasteiger partial charge >= 0.3 is 6.18 Å². The summed E-state index contributed by atoms with van der Waals surface area (Å²) in [5.74, 6) is 0.353. The standard InChI is InChI=1S/C20H23F3N6O/c1-13-14(10-27(2)26-13)5-8-18(30)28-9-3-4-15(11-28)19-25-24-17-7-6-16(12-29(17)19)20(21,22)23/h6-7,10,12,15H,3-5,8-9,11H2,1-2H3. The molecule has 0 spiro atoms. The van der Waals surface area contributed by atoms with Crippen molar-refractivity contribution in [3.05, 3.63) is 47.2 Å². The van der Waals surface area contributed by atoms with Crippen molar-refractivity contribution in [2.24, 2.45) is 7.05 Å². The minimum atomic E-state index is -4.44. The number of nitrogens with zero attached hydrogens (tertiary/aromatic N) is 6. The van der Waals surface area contributed by atoms with E-state index in [0.717, 1.165) is 36.4 Å². The monoisotopic (exact) mass is 420 g/mol. The number of fused-ring (bicyclic) bond motifs is 1. The van der Waals surface area contributed by atoms with Crippen LogP contribution in [0.15, 0.2) is 24.5 Å². The van der Waals surface area contributed by atoms with Gasteiger partial charge in [0.2, 0.25) is 5.91 Å². The first-order valence-electron chi connectivity index (χ1n) is 9.91. The lowest BCUT2D eigenvalue weighted by Crippen LogP contribution is -2.39. The molecule has 3 aromatic rings. The molecule has 1 fully saturated rings. The number of alkyl halides is 3. The topological polar surface area (TPSA) is 68.3 Å². The van der Waals surface area contributed by atoms with Crippen LogP contribution < -0.4 is 0 Å². The van der Waals surface area contributed by atoms with Gasteiger partial charge < -0.3 is 4.90 Å². The number of halogens is 3. The number of aromatic nitrogens is 5. The van der Waals surface area contributed by atoms with Gasteiger partial charge in [0, 0.05) is 44.9 Å². The summed E-state index contributed by atoms with van der Waals surface area (Å²) in [5.41, 5.74) is 1.58. The summed E-state index contributed by atoms with van der Waals surface area (Å²) < 4.78 is 42.5. The average molecular weight is 420 g/mol. The summed E-state index contributed by atoms with van der Waals surface area (Å²) in [4.78, 5) is 14.5. The lowest BCUT2D eigenvalue weighted by Gasteiger charge is -2.32. The Labute approximate surface area is 171 Å². The predicted octanol–water partition coefficient (Wildman–Crippen LogP) is 3.13. The summed E-state index contributed by atoms with van der Waals surface area (Å²) in [7, 11) is 1.85. The molecular formula is C20H23F3N6O. The van der Waals surface area contributed by atoms with Crippen molar-refractivity contribution in [2.75, 3.05) is 13.1 Å². The first-order valence-corrected chi connectivity index (χ1v) is 9.91. The number of piperidine rings is 1. The quantitative estimate of drug-likeness (QED) is 0.650. The van der Waals surface area contributed by atoms with E-state index < -0.39 is 11.7 Å². The Bertz CT molecular complexity index is 1070. The van der Waals surface area contributed by atoms with Crippen molar-refractivity contribution in [2.45, 2.75) is 44.7 Å². The molecule has 160 valence electrons. The van der Waals surface area contributed by atoms with Gasteiger partial charge in [-0.3, -0.25) is 13.9 Å². The van der Waals surface area contributed by atoms with E-state index in [9.17, 15) is 18.0 Å². The Morgan fingerprint density at radius 3 is 2.73 bits per heavy atom. The second-order valence-electron chi connectivity index (χ2n) is 7.79. The molecule has 0 saturated carbocycles. The zero-order valence-electron chi connectivity index (χ0n) is 16.9. The van der Waals surface area contributed by atoms with Gasteiger partial charge in [0.05, 0.1) is 11.3 Å². The molecule has 1 amide bonds.